The minimum absolute atomic E-state index is 0.0775. The van der Waals surface area contributed by atoms with E-state index in [0.29, 0.717) is 23.1 Å². The minimum Gasteiger partial charge on any atom is -0.481 e. The fraction of sp³-hybridized carbons (Fsp3) is 0.200. The summed E-state index contributed by atoms with van der Waals surface area (Å²) in [6.07, 6.45) is -0.427. The van der Waals surface area contributed by atoms with Crippen molar-refractivity contribution in [3.8, 4) is 5.75 Å². The van der Waals surface area contributed by atoms with E-state index in [-0.39, 0.29) is 11.5 Å². The fourth-order valence-corrected chi connectivity index (χ4v) is 2.16. The van der Waals surface area contributed by atoms with Crippen LogP contribution in [0.3, 0.4) is 0 Å². The normalized spacial score (nSPS) is 11.2. The zero-order chi connectivity index (χ0) is 19.8. The van der Waals surface area contributed by atoms with Gasteiger partial charge in [-0.25, -0.2) is 4.79 Å². The van der Waals surface area contributed by atoms with E-state index in [1.807, 2.05) is 0 Å². The molecule has 1 N–H and O–H groups in total. The number of hydrogen-bond donors (Lipinski definition) is 1. The van der Waals surface area contributed by atoms with Gasteiger partial charge in [-0.05, 0) is 50.2 Å². The second-order valence-corrected chi connectivity index (χ2v) is 5.70. The van der Waals surface area contributed by atoms with Gasteiger partial charge in [0.15, 0.2) is 24.8 Å². The van der Waals surface area contributed by atoms with Gasteiger partial charge in [0.2, 0.25) is 0 Å². The smallest absolute Gasteiger partial charge is 0.344 e. The van der Waals surface area contributed by atoms with Crippen LogP contribution in [-0.2, 0) is 14.3 Å². The Kier molecular flexibility index (Phi) is 6.82. The first kappa shape index (κ1) is 19.8. The van der Waals surface area contributed by atoms with Crippen LogP contribution in [-0.4, -0.2) is 36.7 Å². The molecule has 0 fully saturated rings. The summed E-state index contributed by atoms with van der Waals surface area (Å²) in [5.74, 6) is -1.09. The van der Waals surface area contributed by atoms with Crippen molar-refractivity contribution in [2.75, 3.05) is 11.9 Å². The Morgan fingerprint density at radius 2 is 1.74 bits per heavy atom. The monoisotopic (exact) mass is 369 g/mol. The molecule has 0 bridgehead atoms. The highest BCUT2D eigenvalue weighted by Crippen LogP contribution is 2.15. The predicted octanol–water partition coefficient (Wildman–Crippen LogP) is 2.65. The van der Waals surface area contributed by atoms with Crippen molar-refractivity contribution < 1.29 is 28.7 Å². The van der Waals surface area contributed by atoms with Gasteiger partial charge in [-0.1, -0.05) is 12.1 Å². The standard InChI is InChI=1S/C20H19NO6/c1-13(23)15-7-9-17(10-8-15)21-20(25)14(2)27-19(24)12-26-18-6-4-3-5-16(18)11-22/h3-11,14H,12H2,1-2H3,(H,21,25)/t14-/m0/s1. The van der Waals surface area contributed by atoms with E-state index >= 15 is 0 Å². The molecule has 2 aromatic carbocycles. The zero-order valence-electron chi connectivity index (χ0n) is 14.9. The summed E-state index contributed by atoms with van der Waals surface area (Å²) in [5, 5.41) is 2.59. The van der Waals surface area contributed by atoms with Crippen LogP contribution in [0.4, 0.5) is 5.69 Å². The summed E-state index contributed by atoms with van der Waals surface area (Å²) in [6.45, 7) is 2.44. The molecular formula is C20H19NO6. The molecule has 1 atom stereocenters. The molecule has 0 radical (unpaired) electrons. The summed E-state index contributed by atoms with van der Waals surface area (Å²) < 4.78 is 10.3. The number of ether oxygens (including phenoxy) is 2. The third-order valence-corrected chi connectivity index (χ3v) is 3.63. The predicted molar refractivity (Wildman–Crippen MR) is 98.0 cm³/mol. The van der Waals surface area contributed by atoms with Crippen molar-refractivity contribution in [3.63, 3.8) is 0 Å². The van der Waals surface area contributed by atoms with Crippen LogP contribution in [0.2, 0.25) is 0 Å². The van der Waals surface area contributed by atoms with Crippen molar-refractivity contribution in [2.24, 2.45) is 0 Å². The topological polar surface area (TPSA) is 98.8 Å². The van der Waals surface area contributed by atoms with Crippen LogP contribution >= 0.6 is 0 Å². The van der Waals surface area contributed by atoms with E-state index < -0.39 is 24.6 Å². The third kappa shape index (κ3) is 5.78. The maximum atomic E-state index is 12.1. The Morgan fingerprint density at radius 3 is 2.37 bits per heavy atom. The number of rotatable bonds is 8. The maximum absolute atomic E-state index is 12.1. The van der Waals surface area contributed by atoms with Crippen molar-refractivity contribution in [1.29, 1.82) is 0 Å². The number of benzene rings is 2. The first-order valence-corrected chi connectivity index (χ1v) is 8.19. The molecule has 0 aromatic heterocycles. The van der Waals surface area contributed by atoms with Gasteiger partial charge >= 0.3 is 5.97 Å². The molecule has 0 spiro atoms. The number of carbonyl (C=O) groups excluding carboxylic acids is 4. The second-order valence-electron chi connectivity index (χ2n) is 5.70. The maximum Gasteiger partial charge on any atom is 0.344 e. The summed E-state index contributed by atoms with van der Waals surface area (Å²) in [7, 11) is 0. The number of esters is 1. The summed E-state index contributed by atoms with van der Waals surface area (Å²) in [6, 6.07) is 12.8. The summed E-state index contributed by atoms with van der Waals surface area (Å²) >= 11 is 0. The molecule has 2 rings (SSSR count). The van der Waals surface area contributed by atoms with Gasteiger partial charge in [-0.2, -0.15) is 0 Å². The zero-order valence-corrected chi connectivity index (χ0v) is 14.9. The lowest BCUT2D eigenvalue weighted by atomic mass is 10.1. The first-order chi connectivity index (χ1) is 12.9. The number of carbonyl (C=O) groups is 4. The summed E-state index contributed by atoms with van der Waals surface area (Å²) in [5.41, 5.74) is 1.31. The second kappa shape index (κ2) is 9.28. The molecule has 140 valence electrons. The Balaban J connectivity index is 1.85. The van der Waals surface area contributed by atoms with Gasteiger partial charge in [0.25, 0.3) is 5.91 Å². The van der Waals surface area contributed by atoms with E-state index in [4.69, 9.17) is 9.47 Å². The molecule has 7 heteroatoms. The van der Waals surface area contributed by atoms with E-state index in [1.54, 1.807) is 48.5 Å². The van der Waals surface area contributed by atoms with Crippen molar-refractivity contribution >= 4 is 29.6 Å². The van der Waals surface area contributed by atoms with Crippen LogP contribution in [0.5, 0.6) is 5.75 Å². The molecule has 0 aliphatic heterocycles. The molecule has 27 heavy (non-hydrogen) atoms. The minimum atomic E-state index is -1.05. The Bertz CT molecular complexity index is 844. The van der Waals surface area contributed by atoms with E-state index in [9.17, 15) is 19.2 Å². The highest BCUT2D eigenvalue weighted by molar-refractivity contribution is 5.97. The van der Waals surface area contributed by atoms with E-state index in [0.717, 1.165) is 0 Å². The quantitative estimate of drug-likeness (QED) is 0.436. The molecule has 0 unspecified atom stereocenters. The molecule has 7 nitrogen and oxygen atoms in total. The van der Waals surface area contributed by atoms with E-state index in [2.05, 4.69) is 5.32 Å². The molecule has 0 saturated heterocycles. The number of Topliss-reactive ketones (excluding diaryl/α,β-unsaturated/α-hetero) is 1. The van der Waals surface area contributed by atoms with Crippen LogP contribution < -0.4 is 10.1 Å². The van der Waals surface area contributed by atoms with Gasteiger partial charge in [-0.15, -0.1) is 0 Å². The van der Waals surface area contributed by atoms with Crippen molar-refractivity contribution in [1.82, 2.24) is 0 Å². The third-order valence-electron chi connectivity index (χ3n) is 3.63. The van der Waals surface area contributed by atoms with Gasteiger partial charge in [0, 0.05) is 11.3 Å². The van der Waals surface area contributed by atoms with Crippen molar-refractivity contribution in [2.45, 2.75) is 20.0 Å². The lowest BCUT2D eigenvalue weighted by Crippen LogP contribution is -2.31. The van der Waals surface area contributed by atoms with E-state index in [1.165, 1.54) is 13.8 Å². The lowest BCUT2D eigenvalue weighted by Gasteiger charge is -2.14. The SMILES string of the molecule is CC(=O)c1ccc(NC(=O)[C@H](C)OC(=O)COc2ccccc2C=O)cc1. The molecule has 0 saturated carbocycles. The summed E-state index contributed by atoms with van der Waals surface area (Å²) in [4.78, 5) is 46.1. The van der Waals surface area contributed by atoms with Crippen LogP contribution in [0.1, 0.15) is 34.6 Å². The van der Waals surface area contributed by atoms with Crippen LogP contribution in [0.15, 0.2) is 48.5 Å². The Hall–Kier alpha value is -3.48. The number of ketones is 1. The molecular weight excluding hydrogens is 350 g/mol. The fourth-order valence-electron chi connectivity index (χ4n) is 2.16. The highest BCUT2D eigenvalue weighted by Gasteiger charge is 2.18. The largest absolute Gasteiger partial charge is 0.481 e. The average molecular weight is 369 g/mol. The first-order valence-electron chi connectivity index (χ1n) is 8.19. The van der Waals surface area contributed by atoms with Gasteiger partial charge in [-0.3, -0.25) is 14.4 Å². The lowest BCUT2D eigenvalue weighted by molar-refractivity contribution is -0.155. The molecule has 2 aromatic rings. The highest BCUT2D eigenvalue weighted by atomic mass is 16.6. The number of anilines is 1. The Morgan fingerprint density at radius 1 is 1.07 bits per heavy atom. The van der Waals surface area contributed by atoms with Crippen LogP contribution in [0, 0.1) is 0 Å². The molecule has 0 aliphatic carbocycles. The molecule has 1 amide bonds. The van der Waals surface area contributed by atoms with Crippen LogP contribution in [0.25, 0.3) is 0 Å². The van der Waals surface area contributed by atoms with Crippen molar-refractivity contribution in [3.05, 3.63) is 59.7 Å². The van der Waals surface area contributed by atoms with Gasteiger partial charge < -0.3 is 14.8 Å². The van der Waals surface area contributed by atoms with Gasteiger partial charge in [0.1, 0.15) is 5.75 Å². The number of amides is 1. The number of nitrogens with one attached hydrogen (secondary N) is 1. The Labute approximate surface area is 156 Å². The number of hydrogen-bond acceptors (Lipinski definition) is 6. The molecule has 0 heterocycles. The average Bonchev–Trinajstić information content (AvgIpc) is 2.66. The van der Waals surface area contributed by atoms with Gasteiger partial charge in [0.05, 0.1) is 5.56 Å². The number of aldehydes is 1. The molecule has 0 aliphatic rings. The number of para-hydroxylation sites is 1.